The molecule has 0 aliphatic carbocycles. The van der Waals surface area contributed by atoms with Crippen molar-refractivity contribution in [3.05, 3.63) is 53.9 Å². The maximum Gasteiger partial charge on any atom is 0.203 e. The molecule has 0 saturated heterocycles. The smallest absolute Gasteiger partial charge is 0.203 e. The first-order chi connectivity index (χ1) is 13.5. The number of benzene rings is 2. The Bertz CT molecular complexity index is 951. The Balaban J connectivity index is 1.86. The normalized spacial score (nSPS) is 10.3. The van der Waals surface area contributed by atoms with Crippen LogP contribution in [-0.2, 0) is 0 Å². The van der Waals surface area contributed by atoms with Gasteiger partial charge in [-0.2, -0.15) is 0 Å². The number of rotatable bonds is 7. The zero-order valence-electron chi connectivity index (χ0n) is 16.7. The predicted molar refractivity (Wildman–Crippen MR) is 111 cm³/mol. The SMILES string of the molecule is COc1cc(Nc2cc(Nc3cccc(C)c3C)ncn2)cc(OC)c1OC. The molecule has 2 aromatic carbocycles. The number of methoxy groups -OCH3 is 3. The minimum absolute atomic E-state index is 0.538. The lowest BCUT2D eigenvalue weighted by Gasteiger charge is -2.15. The van der Waals surface area contributed by atoms with E-state index in [1.807, 2.05) is 30.3 Å². The van der Waals surface area contributed by atoms with Gasteiger partial charge in [-0.05, 0) is 31.0 Å². The zero-order chi connectivity index (χ0) is 20.1. The third-order valence-corrected chi connectivity index (χ3v) is 4.47. The fourth-order valence-electron chi connectivity index (χ4n) is 2.82. The fraction of sp³-hybridized carbons (Fsp3) is 0.238. The molecule has 1 aromatic heterocycles. The average Bonchev–Trinajstić information content (AvgIpc) is 2.71. The van der Waals surface area contributed by atoms with E-state index < -0.39 is 0 Å². The monoisotopic (exact) mass is 380 g/mol. The van der Waals surface area contributed by atoms with E-state index in [0.717, 1.165) is 11.4 Å². The van der Waals surface area contributed by atoms with Crippen molar-refractivity contribution in [2.45, 2.75) is 13.8 Å². The maximum atomic E-state index is 5.39. The molecule has 2 N–H and O–H groups in total. The van der Waals surface area contributed by atoms with Crippen molar-refractivity contribution < 1.29 is 14.2 Å². The van der Waals surface area contributed by atoms with Gasteiger partial charge in [-0.25, -0.2) is 9.97 Å². The number of nitrogens with zero attached hydrogens (tertiary/aromatic N) is 2. The molecular formula is C21H24N4O3. The Hall–Kier alpha value is -3.48. The number of nitrogens with one attached hydrogen (secondary N) is 2. The molecule has 28 heavy (non-hydrogen) atoms. The summed E-state index contributed by atoms with van der Waals surface area (Å²) < 4.78 is 16.1. The van der Waals surface area contributed by atoms with Crippen molar-refractivity contribution >= 4 is 23.0 Å². The van der Waals surface area contributed by atoms with Crippen LogP contribution >= 0.6 is 0 Å². The molecule has 3 rings (SSSR count). The van der Waals surface area contributed by atoms with Crippen LogP contribution < -0.4 is 24.8 Å². The van der Waals surface area contributed by atoms with Gasteiger partial charge in [0.2, 0.25) is 5.75 Å². The summed E-state index contributed by atoms with van der Waals surface area (Å²) in [6.07, 6.45) is 1.51. The molecule has 7 nitrogen and oxygen atoms in total. The molecule has 0 atom stereocenters. The Labute approximate surface area is 164 Å². The third kappa shape index (κ3) is 4.09. The quantitative estimate of drug-likeness (QED) is 0.620. The molecule has 3 aromatic rings. The van der Waals surface area contributed by atoms with E-state index in [-0.39, 0.29) is 0 Å². The zero-order valence-corrected chi connectivity index (χ0v) is 16.7. The molecule has 0 saturated carbocycles. The highest BCUT2D eigenvalue weighted by Crippen LogP contribution is 2.40. The molecule has 1 heterocycles. The molecule has 0 amide bonds. The maximum absolute atomic E-state index is 5.39. The molecule has 0 radical (unpaired) electrons. The Morgan fingerprint density at radius 3 is 2.04 bits per heavy atom. The van der Waals surface area contributed by atoms with Gasteiger partial charge in [0.1, 0.15) is 18.0 Å². The van der Waals surface area contributed by atoms with Gasteiger partial charge in [-0.15, -0.1) is 0 Å². The number of anilines is 4. The molecule has 0 aliphatic rings. The number of aryl methyl sites for hydroxylation is 1. The van der Waals surface area contributed by atoms with E-state index in [2.05, 4.69) is 40.5 Å². The molecule has 7 heteroatoms. The second-order valence-corrected chi connectivity index (χ2v) is 6.20. The Morgan fingerprint density at radius 1 is 0.786 bits per heavy atom. The first-order valence-electron chi connectivity index (χ1n) is 8.78. The van der Waals surface area contributed by atoms with Crippen LogP contribution in [0.2, 0.25) is 0 Å². The summed E-state index contributed by atoms with van der Waals surface area (Å²) >= 11 is 0. The van der Waals surface area contributed by atoms with Gasteiger partial charge in [-0.1, -0.05) is 12.1 Å². The predicted octanol–water partition coefficient (Wildman–Crippen LogP) is 4.61. The van der Waals surface area contributed by atoms with Gasteiger partial charge in [0, 0.05) is 29.6 Å². The highest BCUT2D eigenvalue weighted by atomic mass is 16.5. The van der Waals surface area contributed by atoms with Crippen LogP contribution in [0.5, 0.6) is 17.2 Å². The molecule has 146 valence electrons. The van der Waals surface area contributed by atoms with Crippen LogP contribution in [0.4, 0.5) is 23.0 Å². The lowest BCUT2D eigenvalue weighted by Crippen LogP contribution is -2.01. The number of aromatic nitrogens is 2. The van der Waals surface area contributed by atoms with E-state index in [1.54, 1.807) is 21.3 Å². The van der Waals surface area contributed by atoms with Gasteiger partial charge in [0.15, 0.2) is 11.5 Å². The molecule has 0 unspecified atom stereocenters. The standard InChI is InChI=1S/C21H24N4O3/c1-13-7-6-8-16(14(13)2)25-20-11-19(22-12-23-20)24-15-9-17(26-3)21(28-5)18(10-15)27-4/h6-12H,1-5H3,(H2,22,23,24,25). The first kappa shape index (κ1) is 19.3. The molecule has 0 aliphatic heterocycles. The summed E-state index contributed by atoms with van der Waals surface area (Å²) in [6.45, 7) is 4.16. The summed E-state index contributed by atoms with van der Waals surface area (Å²) in [7, 11) is 4.74. The van der Waals surface area contributed by atoms with Crippen LogP contribution in [0.15, 0.2) is 42.7 Å². The summed E-state index contributed by atoms with van der Waals surface area (Å²) in [5, 5.41) is 6.59. The van der Waals surface area contributed by atoms with Crippen molar-refractivity contribution in [1.29, 1.82) is 0 Å². The molecule has 0 spiro atoms. The van der Waals surface area contributed by atoms with Crippen molar-refractivity contribution in [2.75, 3.05) is 32.0 Å². The van der Waals surface area contributed by atoms with Gasteiger partial charge >= 0.3 is 0 Å². The van der Waals surface area contributed by atoms with Gasteiger partial charge in [0.05, 0.1) is 21.3 Å². The average molecular weight is 380 g/mol. The largest absolute Gasteiger partial charge is 0.493 e. The van der Waals surface area contributed by atoms with Crippen molar-refractivity contribution in [1.82, 2.24) is 9.97 Å². The topological polar surface area (TPSA) is 77.5 Å². The van der Waals surface area contributed by atoms with E-state index in [4.69, 9.17) is 14.2 Å². The molecule has 0 bridgehead atoms. The Kier molecular flexibility index (Phi) is 5.84. The summed E-state index contributed by atoms with van der Waals surface area (Å²) in [6, 6.07) is 11.6. The minimum Gasteiger partial charge on any atom is -0.493 e. The summed E-state index contributed by atoms with van der Waals surface area (Å²) in [5.74, 6) is 2.99. The Morgan fingerprint density at radius 2 is 1.43 bits per heavy atom. The minimum atomic E-state index is 0.538. The van der Waals surface area contributed by atoms with E-state index >= 15 is 0 Å². The second-order valence-electron chi connectivity index (χ2n) is 6.20. The lowest BCUT2D eigenvalue weighted by molar-refractivity contribution is 0.324. The molecule has 0 fully saturated rings. The van der Waals surface area contributed by atoms with Crippen LogP contribution in [0, 0.1) is 13.8 Å². The van der Waals surface area contributed by atoms with Crippen LogP contribution in [-0.4, -0.2) is 31.3 Å². The van der Waals surface area contributed by atoms with Crippen molar-refractivity contribution in [3.63, 3.8) is 0 Å². The van der Waals surface area contributed by atoms with Crippen LogP contribution in [0.3, 0.4) is 0 Å². The van der Waals surface area contributed by atoms with Crippen molar-refractivity contribution in [2.24, 2.45) is 0 Å². The van der Waals surface area contributed by atoms with E-state index in [1.165, 1.54) is 17.5 Å². The molecular weight excluding hydrogens is 356 g/mol. The third-order valence-electron chi connectivity index (χ3n) is 4.47. The van der Waals surface area contributed by atoms with Gasteiger partial charge in [-0.3, -0.25) is 0 Å². The number of hydrogen-bond acceptors (Lipinski definition) is 7. The fourth-order valence-corrected chi connectivity index (χ4v) is 2.82. The first-order valence-corrected chi connectivity index (χ1v) is 8.78. The van der Waals surface area contributed by atoms with E-state index in [0.29, 0.717) is 28.9 Å². The number of ether oxygens (including phenoxy) is 3. The second kappa shape index (κ2) is 8.47. The van der Waals surface area contributed by atoms with Crippen LogP contribution in [0.1, 0.15) is 11.1 Å². The number of hydrogen-bond donors (Lipinski definition) is 2. The lowest BCUT2D eigenvalue weighted by atomic mass is 10.1. The van der Waals surface area contributed by atoms with Crippen molar-refractivity contribution in [3.8, 4) is 17.2 Å². The van der Waals surface area contributed by atoms with E-state index in [9.17, 15) is 0 Å². The summed E-state index contributed by atoms with van der Waals surface area (Å²) in [4.78, 5) is 8.61. The highest BCUT2D eigenvalue weighted by Gasteiger charge is 2.13. The highest BCUT2D eigenvalue weighted by molar-refractivity contribution is 5.69. The van der Waals surface area contributed by atoms with Crippen LogP contribution in [0.25, 0.3) is 0 Å². The van der Waals surface area contributed by atoms with Gasteiger partial charge < -0.3 is 24.8 Å². The van der Waals surface area contributed by atoms with Gasteiger partial charge in [0.25, 0.3) is 0 Å². The summed E-state index contributed by atoms with van der Waals surface area (Å²) in [5.41, 5.74) is 4.17.